The zero-order chi connectivity index (χ0) is 21.1. The van der Waals surface area contributed by atoms with Crippen molar-refractivity contribution in [1.29, 1.82) is 0 Å². The molecular formula is C25H29N3O2. The van der Waals surface area contributed by atoms with Crippen LogP contribution in [-0.4, -0.2) is 42.0 Å². The maximum atomic E-state index is 12.9. The number of amides is 1. The summed E-state index contributed by atoms with van der Waals surface area (Å²) in [7, 11) is 1.64. The van der Waals surface area contributed by atoms with E-state index in [2.05, 4.69) is 46.4 Å². The smallest absolute Gasteiger partial charge is 0.253 e. The van der Waals surface area contributed by atoms with Gasteiger partial charge >= 0.3 is 0 Å². The molecule has 0 atom stereocenters. The number of ether oxygens (including phenoxy) is 1. The van der Waals surface area contributed by atoms with E-state index in [1.165, 1.54) is 11.1 Å². The van der Waals surface area contributed by atoms with Crippen molar-refractivity contribution in [2.24, 2.45) is 0 Å². The van der Waals surface area contributed by atoms with Gasteiger partial charge in [-0.15, -0.1) is 0 Å². The molecule has 1 aliphatic heterocycles. The van der Waals surface area contributed by atoms with Gasteiger partial charge in [0.15, 0.2) is 0 Å². The van der Waals surface area contributed by atoms with Gasteiger partial charge in [-0.25, -0.2) is 0 Å². The molecule has 5 heteroatoms. The third-order valence-electron chi connectivity index (χ3n) is 6.04. The van der Waals surface area contributed by atoms with E-state index in [9.17, 15) is 4.79 Å². The Morgan fingerprint density at radius 3 is 2.63 bits per heavy atom. The van der Waals surface area contributed by atoms with Crippen LogP contribution in [0.25, 0.3) is 10.9 Å². The summed E-state index contributed by atoms with van der Waals surface area (Å²) in [5.74, 6) is 0.735. The van der Waals surface area contributed by atoms with Gasteiger partial charge in [0.1, 0.15) is 5.75 Å². The summed E-state index contributed by atoms with van der Waals surface area (Å²) in [5.41, 5.74) is 4.95. The molecule has 1 aromatic heterocycles. The lowest BCUT2D eigenvalue weighted by atomic mass is 10.0. The number of aromatic nitrogens is 1. The van der Waals surface area contributed by atoms with Crippen LogP contribution >= 0.6 is 0 Å². The van der Waals surface area contributed by atoms with Crippen LogP contribution in [0.15, 0.2) is 48.5 Å². The number of aryl methyl sites for hydroxylation is 2. The fourth-order valence-electron chi connectivity index (χ4n) is 4.13. The molecule has 1 N–H and O–H groups in total. The number of hydrogen-bond acceptors (Lipinski definition) is 4. The van der Waals surface area contributed by atoms with Crippen LogP contribution in [0.4, 0.5) is 0 Å². The largest absolute Gasteiger partial charge is 0.497 e. The molecule has 1 saturated heterocycles. The van der Waals surface area contributed by atoms with Gasteiger partial charge < -0.3 is 10.1 Å². The Hall–Kier alpha value is -2.92. The highest BCUT2D eigenvalue weighted by molar-refractivity contribution is 5.98. The second kappa shape index (κ2) is 8.84. The fraction of sp³-hybridized carbons (Fsp3) is 0.360. The molecule has 3 aromatic rings. The highest BCUT2D eigenvalue weighted by Gasteiger charge is 2.22. The number of pyridine rings is 1. The first-order valence-electron chi connectivity index (χ1n) is 10.6. The van der Waals surface area contributed by atoms with Crippen molar-refractivity contribution >= 4 is 16.8 Å². The second-order valence-corrected chi connectivity index (χ2v) is 8.13. The van der Waals surface area contributed by atoms with E-state index in [1.807, 2.05) is 31.2 Å². The molecule has 0 unspecified atom stereocenters. The summed E-state index contributed by atoms with van der Waals surface area (Å²) in [5, 5.41) is 4.17. The summed E-state index contributed by atoms with van der Waals surface area (Å²) >= 11 is 0. The van der Waals surface area contributed by atoms with E-state index in [0.29, 0.717) is 5.56 Å². The van der Waals surface area contributed by atoms with E-state index >= 15 is 0 Å². The predicted molar refractivity (Wildman–Crippen MR) is 120 cm³/mol. The molecule has 1 fully saturated rings. The Balaban J connectivity index is 1.38. The zero-order valence-corrected chi connectivity index (χ0v) is 17.9. The van der Waals surface area contributed by atoms with Gasteiger partial charge in [0.05, 0.1) is 23.9 Å². The van der Waals surface area contributed by atoms with Gasteiger partial charge in [-0.2, -0.15) is 0 Å². The van der Waals surface area contributed by atoms with Crippen LogP contribution in [-0.2, 0) is 6.54 Å². The number of hydrogen-bond donors (Lipinski definition) is 1. The van der Waals surface area contributed by atoms with Gasteiger partial charge in [-0.05, 0) is 56.0 Å². The maximum Gasteiger partial charge on any atom is 0.253 e. The van der Waals surface area contributed by atoms with Gasteiger partial charge in [0.2, 0.25) is 0 Å². The minimum absolute atomic E-state index is 0.0323. The van der Waals surface area contributed by atoms with Crippen molar-refractivity contribution in [2.45, 2.75) is 39.3 Å². The number of nitrogens with one attached hydrogen (secondary N) is 1. The average molecular weight is 404 g/mol. The van der Waals surface area contributed by atoms with Crippen LogP contribution in [0.2, 0.25) is 0 Å². The molecule has 30 heavy (non-hydrogen) atoms. The number of rotatable bonds is 5. The number of nitrogens with zero attached hydrogens (tertiary/aromatic N) is 2. The minimum Gasteiger partial charge on any atom is -0.497 e. The topological polar surface area (TPSA) is 54.5 Å². The Kier molecular flexibility index (Phi) is 6.00. The number of methoxy groups -OCH3 is 1. The molecule has 0 radical (unpaired) electrons. The highest BCUT2D eigenvalue weighted by Crippen LogP contribution is 2.22. The zero-order valence-electron chi connectivity index (χ0n) is 17.9. The van der Waals surface area contributed by atoms with Crippen molar-refractivity contribution in [3.63, 3.8) is 0 Å². The van der Waals surface area contributed by atoms with Crippen molar-refractivity contribution < 1.29 is 9.53 Å². The fourth-order valence-corrected chi connectivity index (χ4v) is 4.13. The number of carbonyl (C=O) groups is 1. The lowest BCUT2D eigenvalue weighted by Gasteiger charge is -2.32. The lowest BCUT2D eigenvalue weighted by Crippen LogP contribution is -2.44. The second-order valence-electron chi connectivity index (χ2n) is 8.13. The summed E-state index contributed by atoms with van der Waals surface area (Å²) in [6.45, 7) is 7.02. The molecule has 1 aliphatic rings. The van der Waals surface area contributed by atoms with E-state index in [0.717, 1.165) is 54.8 Å². The molecule has 0 aliphatic carbocycles. The molecule has 156 valence electrons. The Morgan fingerprint density at radius 2 is 1.90 bits per heavy atom. The van der Waals surface area contributed by atoms with E-state index < -0.39 is 0 Å². The SMILES string of the molecule is COc1ccc2cc(C(=O)NC3CCN(Cc4ccccc4C)CC3)c(C)nc2c1. The van der Waals surface area contributed by atoms with Gasteiger partial charge in [0, 0.05) is 37.1 Å². The van der Waals surface area contributed by atoms with E-state index in [-0.39, 0.29) is 11.9 Å². The monoisotopic (exact) mass is 403 g/mol. The molecule has 5 nitrogen and oxygen atoms in total. The number of fused-ring (bicyclic) bond motifs is 1. The summed E-state index contributed by atoms with van der Waals surface area (Å²) in [6.07, 6.45) is 1.93. The van der Waals surface area contributed by atoms with E-state index in [1.54, 1.807) is 7.11 Å². The highest BCUT2D eigenvalue weighted by atomic mass is 16.5. The first kappa shape index (κ1) is 20.4. The Labute approximate surface area is 178 Å². The molecular weight excluding hydrogens is 374 g/mol. The predicted octanol–water partition coefficient (Wildman–Crippen LogP) is 4.25. The van der Waals surface area contributed by atoms with Gasteiger partial charge in [-0.3, -0.25) is 14.7 Å². The third kappa shape index (κ3) is 4.46. The van der Waals surface area contributed by atoms with Gasteiger partial charge in [-0.1, -0.05) is 24.3 Å². The molecule has 4 rings (SSSR count). The van der Waals surface area contributed by atoms with Gasteiger partial charge in [0.25, 0.3) is 5.91 Å². The summed E-state index contributed by atoms with van der Waals surface area (Å²) in [4.78, 5) is 20.0. The Morgan fingerprint density at radius 1 is 1.13 bits per heavy atom. The Bertz CT molecular complexity index is 1060. The summed E-state index contributed by atoms with van der Waals surface area (Å²) in [6, 6.07) is 16.4. The number of piperidine rings is 1. The van der Waals surface area contributed by atoms with Crippen LogP contribution < -0.4 is 10.1 Å². The number of benzene rings is 2. The normalized spacial score (nSPS) is 15.3. The first-order chi connectivity index (χ1) is 14.5. The maximum absolute atomic E-state index is 12.9. The van der Waals surface area contributed by atoms with Crippen LogP contribution in [0, 0.1) is 13.8 Å². The van der Waals surface area contributed by atoms with Crippen LogP contribution in [0.3, 0.4) is 0 Å². The molecule has 1 amide bonds. The molecule has 2 heterocycles. The minimum atomic E-state index is -0.0323. The summed E-state index contributed by atoms with van der Waals surface area (Å²) < 4.78 is 5.27. The van der Waals surface area contributed by atoms with Crippen molar-refractivity contribution in [3.05, 3.63) is 70.9 Å². The first-order valence-corrected chi connectivity index (χ1v) is 10.6. The van der Waals surface area contributed by atoms with Crippen molar-refractivity contribution in [2.75, 3.05) is 20.2 Å². The molecule has 0 spiro atoms. The standard InChI is InChI=1S/C25H29N3O2/c1-17-6-4-5-7-20(17)16-28-12-10-21(11-13-28)27-25(29)23-14-19-8-9-22(30-3)15-24(19)26-18(23)2/h4-9,14-15,21H,10-13,16H2,1-3H3,(H,27,29). The third-order valence-corrected chi connectivity index (χ3v) is 6.04. The quantitative estimate of drug-likeness (QED) is 0.692. The number of likely N-dealkylation sites (tertiary alicyclic amines) is 1. The number of carbonyl (C=O) groups excluding carboxylic acids is 1. The lowest BCUT2D eigenvalue weighted by molar-refractivity contribution is 0.0908. The van der Waals surface area contributed by atoms with Crippen LogP contribution in [0.1, 0.15) is 40.0 Å². The average Bonchev–Trinajstić information content (AvgIpc) is 2.75. The van der Waals surface area contributed by atoms with E-state index in [4.69, 9.17) is 4.74 Å². The molecule has 0 saturated carbocycles. The van der Waals surface area contributed by atoms with Crippen LogP contribution in [0.5, 0.6) is 5.75 Å². The van der Waals surface area contributed by atoms with Crippen molar-refractivity contribution in [1.82, 2.24) is 15.2 Å². The molecule has 2 aromatic carbocycles. The van der Waals surface area contributed by atoms with Crippen molar-refractivity contribution in [3.8, 4) is 5.75 Å². The molecule has 0 bridgehead atoms.